The Labute approximate surface area is 114 Å². The van der Waals surface area contributed by atoms with Gasteiger partial charge in [0.15, 0.2) is 0 Å². The van der Waals surface area contributed by atoms with E-state index in [9.17, 15) is 5.11 Å². The van der Waals surface area contributed by atoms with Gasteiger partial charge >= 0.3 is 0 Å². The third-order valence-electron chi connectivity index (χ3n) is 3.82. The zero-order valence-corrected chi connectivity index (χ0v) is 11.5. The number of nitrogens with zero attached hydrogens (tertiary/aromatic N) is 1. The normalized spacial score (nSPS) is 21.5. The fraction of sp³-hybridized carbons (Fsp3) is 0.600. The molecule has 0 radical (unpaired) electrons. The molecular formula is C15H23NO3. The predicted molar refractivity (Wildman–Crippen MR) is 74.2 cm³/mol. The summed E-state index contributed by atoms with van der Waals surface area (Å²) in [5.74, 6) is 1.35. The number of methoxy groups -OCH3 is 1. The molecule has 2 N–H and O–H groups in total. The fourth-order valence-corrected chi connectivity index (χ4v) is 2.70. The van der Waals surface area contributed by atoms with Gasteiger partial charge in [0.25, 0.3) is 0 Å². The second kappa shape index (κ2) is 6.89. The molecule has 4 heteroatoms. The fourth-order valence-electron chi connectivity index (χ4n) is 2.70. The Balaban J connectivity index is 1.88. The molecule has 4 nitrogen and oxygen atoms in total. The van der Waals surface area contributed by atoms with Crippen molar-refractivity contribution in [3.8, 4) is 5.75 Å². The number of aliphatic hydroxyl groups is 2. The summed E-state index contributed by atoms with van der Waals surface area (Å²) in [6.45, 7) is 2.89. The van der Waals surface area contributed by atoms with Gasteiger partial charge in [-0.1, -0.05) is 12.1 Å². The third-order valence-corrected chi connectivity index (χ3v) is 3.82. The number of rotatable bonds is 6. The molecule has 0 bridgehead atoms. The van der Waals surface area contributed by atoms with Gasteiger partial charge in [0.2, 0.25) is 0 Å². The maximum absolute atomic E-state index is 10.3. The zero-order chi connectivity index (χ0) is 13.7. The second-order valence-electron chi connectivity index (χ2n) is 5.22. The minimum Gasteiger partial charge on any atom is -0.497 e. The summed E-state index contributed by atoms with van der Waals surface area (Å²) in [4.78, 5) is 2.27. The first kappa shape index (κ1) is 14.3. The molecule has 1 aromatic carbocycles. The van der Waals surface area contributed by atoms with E-state index in [0.717, 1.165) is 37.2 Å². The van der Waals surface area contributed by atoms with E-state index < -0.39 is 6.10 Å². The van der Waals surface area contributed by atoms with Gasteiger partial charge in [0, 0.05) is 19.7 Å². The summed E-state index contributed by atoms with van der Waals surface area (Å²) in [5.41, 5.74) is 0.893. The smallest absolute Gasteiger partial charge is 0.119 e. The average molecular weight is 265 g/mol. The molecule has 1 aromatic rings. The lowest BCUT2D eigenvalue weighted by molar-refractivity contribution is 0.123. The SMILES string of the molecule is COc1cccc(C(O)CN2CCC(CCO)C2)c1. The molecule has 1 aliphatic heterocycles. The van der Waals surface area contributed by atoms with Gasteiger partial charge in [-0.2, -0.15) is 0 Å². The van der Waals surface area contributed by atoms with E-state index in [1.165, 1.54) is 0 Å². The van der Waals surface area contributed by atoms with Gasteiger partial charge in [-0.05, 0) is 43.0 Å². The van der Waals surface area contributed by atoms with E-state index in [4.69, 9.17) is 9.84 Å². The van der Waals surface area contributed by atoms with Crippen LogP contribution in [0.3, 0.4) is 0 Å². The van der Waals surface area contributed by atoms with E-state index in [0.29, 0.717) is 12.5 Å². The number of hydrogen-bond acceptors (Lipinski definition) is 4. The monoisotopic (exact) mass is 265 g/mol. The molecule has 2 atom stereocenters. The average Bonchev–Trinajstić information content (AvgIpc) is 2.86. The van der Waals surface area contributed by atoms with Crippen molar-refractivity contribution in [1.29, 1.82) is 0 Å². The van der Waals surface area contributed by atoms with Crippen LogP contribution < -0.4 is 4.74 Å². The number of benzene rings is 1. The minimum absolute atomic E-state index is 0.261. The molecule has 0 spiro atoms. The minimum atomic E-state index is -0.483. The summed E-state index contributed by atoms with van der Waals surface area (Å²) in [6, 6.07) is 7.58. The standard InChI is InChI=1S/C15H23NO3/c1-19-14-4-2-3-13(9-14)15(18)11-16-7-5-12(10-16)6-8-17/h2-4,9,12,15,17-18H,5-8,10-11H2,1H3. The molecule has 2 rings (SSSR count). The van der Waals surface area contributed by atoms with Gasteiger partial charge in [0.05, 0.1) is 13.2 Å². The molecule has 0 aromatic heterocycles. The van der Waals surface area contributed by atoms with E-state index in [2.05, 4.69) is 4.90 Å². The molecule has 0 aliphatic carbocycles. The molecular weight excluding hydrogens is 242 g/mol. The van der Waals surface area contributed by atoms with Crippen molar-refractivity contribution < 1.29 is 14.9 Å². The van der Waals surface area contributed by atoms with Crippen molar-refractivity contribution in [3.05, 3.63) is 29.8 Å². The van der Waals surface area contributed by atoms with Crippen LogP contribution in [0.1, 0.15) is 24.5 Å². The van der Waals surface area contributed by atoms with Gasteiger partial charge in [0.1, 0.15) is 5.75 Å². The lowest BCUT2D eigenvalue weighted by Crippen LogP contribution is -2.26. The zero-order valence-electron chi connectivity index (χ0n) is 11.5. The topological polar surface area (TPSA) is 52.9 Å². The van der Waals surface area contributed by atoms with Crippen molar-refractivity contribution in [1.82, 2.24) is 4.90 Å². The molecule has 2 unspecified atom stereocenters. The summed E-state index contributed by atoms with van der Waals surface area (Å²) in [5, 5.41) is 19.2. The Morgan fingerprint density at radius 1 is 1.47 bits per heavy atom. The van der Waals surface area contributed by atoms with Crippen LogP contribution in [0.15, 0.2) is 24.3 Å². The van der Waals surface area contributed by atoms with Crippen molar-refractivity contribution >= 4 is 0 Å². The first-order chi connectivity index (χ1) is 9.22. The quantitative estimate of drug-likeness (QED) is 0.817. The van der Waals surface area contributed by atoms with E-state index in [1.54, 1.807) is 7.11 Å². The first-order valence-electron chi connectivity index (χ1n) is 6.88. The Morgan fingerprint density at radius 2 is 2.32 bits per heavy atom. The molecule has 1 saturated heterocycles. The summed E-state index contributed by atoms with van der Waals surface area (Å²) >= 11 is 0. The first-order valence-corrected chi connectivity index (χ1v) is 6.88. The van der Waals surface area contributed by atoms with Gasteiger partial charge in [-0.3, -0.25) is 0 Å². The van der Waals surface area contributed by atoms with Gasteiger partial charge in [-0.25, -0.2) is 0 Å². The summed E-state index contributed by atoms with van der Waals surface area (Å²) < 4.78 is 5.17. The Bertz CT molecular complexity index is 397. The number of hydrogen-bond donors (Lipinski definition) is 2. The van der Waals surface area contributed by atoms with Crippen molar-refractivity contribution in [2.75, 3.05) is 33.4 Å². The second-order valence-corrected chi connectivity index (χ2v) is 5.22. The molecule has 1 heterocycles. The summed E-state index contributed by atoms with van der Waals surface area (Å²) in [6.07, 6.45) is 1.50. The maximum Gasteiger partial charge on any atom is 0.119 e. The largest absolute Gasteiger partial charge is 0.497 e. The van der Waals surface area contributed by atoms with Crippen LogP contribution >= 0.6 is 0 Å². The highest BCUT2D eigenvalue weighted by molar-refractivity contribution is 5.29. The molecule has 19 heavy (non-hydrogen) atoms. The van der Waals surface area contributed by atoms with Crippen LogP contribution in [0.5, 0.6) is 5.75 Å². The molecule has 1 fully saturated rings. The van der Waals surface area contributed by atoms with Crippen LogP contribution in [0.25, 0.3) is 0 Å². The highest BCUT2D eigenvalue weighted by atomic mass is 16.5. The summed E-state index contributed by atoms with van der Waals surface area (Å²) in [7, 11) is 1.63. The van der Waals surface area contributed by atoms with Crippen LogP contribution in [-0.2, 0) is 0 Å². The van der Waals surface area contributed by atoms with Crippen molar-refractivity contribution in [2.24, 2.45) is 5.92 Å². The van der Waals surface area contributed by atoms with Gasteiger partial charge in [-0.15, -0.1) is 0 Å². The maximum atomic E-state index is 10.3. The van der Waals surface area contributed by atoms with Crippen molar-refractivity contribution in [2.45, 2.75) is 18.9 Å². The Morgan fingerprint density at radius 3 is 3.05 bits per heavy atom. The van der Waals surface area contributed by atoms with E-state index >= 15 is 0 Å². The third kappa shape index (κ3) is 3.93. The van der Waals surface area contributed by atoms with Crippen LogP contribution in [0.4, 0.5) is 0 Å². The lowest BCUT2D eigenvalue weighted by atomic mass is 10.1. The number of likely N-dealkylation sites (tertiary alicyclic amines) is 1. The Hall–Kier alpha value is -1.10. The number of ether oxygens (including phenoxy) is 1. The highest BCUT2D eigenvalue weighted by Gasteiger charge is 2.24. The molecule has 0 saturated carbocycles. The molecule has 0 amide bonds. The van der Waals surface area contributed by atoms with E-state index in [-0.39, 0.29) is 6.61 Å². The lowest BCUT2D eigenvalue weighted by Gasteiger charge is -2.20. The van der Waals surface area contributed by atoms with Gasteiger partial charge < -0.3 is 19.8 Å². The number of β-amino-alcohol motifs (C(OH)–C–C–N with tert-alkyl or cyclic N) is 1. The predicted octanol–water partition coefficient (Wildman–Crippen LogP) is 1.43. The Kier molecular flexibility index (Phi) is 5.19. The van der Waals surface area contributed by atoms with Crippen LogP contribution in [0, 0.1) is 5.92 Å². The number of aliphatic hydroxyl groups excluding tert-OH is 2. The van der Waals surface area contributed by atoms with E-state index in [1.807, 2.05) is 24.3 Å². The van der Waals surface area contributed by atoms with Crippen molar-refractivity contribution in [3.63, 3.8) is 0 Å². The molecule has 106 valence electrons. The van der Waals surface area contributed by atoms with Crippen LogP contribution in [-0.4, -0.2) is 48.5 Å². The highest BCUT2D eigenvalue weighted by Crippen LogP contribution is 2.24. The molecule has 1 aliphatic rings. The van der Waals surface area contributed by atoms with Crippen LogP contribution in [0.2, 0.25) is 0 Å².